The van der Waals surface area contributed by atoms with E-state index in [2.05, 4.69) is 25.3 Å². The van der Waals surface area contributed by atoms with Crippen molar-refractivity contribution in [2.45, 2.75) is 19.3 Å². The van der Waals surface area contributed by atoms with Crippen LogP contribution < -0.4 is 0 Å². The number of aliphatic hydroxyl groups is 2. The maximum Gasteiger partial charge on any atom is 0.0438 e. The highest BCUT2D eigenvalue weighted by Gasteiger charge is 1.76. The van der Waals surface area contributed by atoms with Crippen LogP contribution in [0.2, 0.25) is 0 Å². The fourth-order valence-corrected chi connectivity index (χ4v) is 0.659. The molecule has 0 saturated carbocycles. The molecule has 2 N–H and O–H groups in total. The van der Waals surface area contributed by atoms with Crippen molar-refractivity contribution in [1.82, 2.24) is 0 Å². The zero-order valence-electron chi connectivity index (χ0n) is 6.74. The molecule has 0 rings (SSSR count). The smallest absolute Gasteiger partial charge is 0.0438 e. The molecule has 0 aromatic carbocycles. The van der Waals surface area contributed by atoms with Gasteiger partial charge in [-0.3, -0.25) is 0 Å². The standard InChI is InChI=1S/C4H10OS.C3H8OS/c5-3-1-2-4-6;4-2-1-3-5/h5-6H,1-4H2;4-5H,1-3H2. The third-order valence-electron chi connectivity index (χ3n) is 0.882. The third-order valence-corrected chi connectivity index (χ3v) is 1.51. The number of aliphatic hydroxyl groups excluding tert-OH is 2. The van der Waals surface area contributed by atoms with E-state index in [1.165, 1.54) is 0 Å². The molecule has 0 aliphatic rings. The SMILES string of the molecule is OCCCCS.OCCCS. The molecule has 0 fully saturated rings. The van der Waals surface area contributed by atoms with Crippen molar-refractivity contribution in [2.24, 2.45) is 0 Å². The van der Waals surface area contributed by atoms with E-state index in [0.717, 1.165) is 30.8 Å². The Kier molecular flexibility index (Phi) is 21.8. The highest BCUT2D eigenvalue weighted by atomic mass is 32.1. The number of hydrogen-bond donors (Lipinski definition) is 4. The van der Waals surface area contributed by atoms with Crippen LogP contribution in [-0.4, -0.2) is 34.9 Å². The first kappa shape index (κ1) is 14.2. The van der Waals surface area contributed by atoms with Gasteiger partial charge in [-0.25, -0.2) is 0 Å². The van der Waals surface area contributed by atoms with Crippen molar-refractivity contribution in [3.63, 3.8) is 0 Å². The molecule has 0 spiro atoms. The van der Waals surface area contributed by atoms with Gasteiger partial charge in [-0.1, -0.05) is 0 Å². The maximum absolute atomic E-state index is 8.16. The van der Waals surface area contributed by atoms with Gasteiger partial charge in [0.2, 0.25) is 0 Å². The van der Waals surface area contributed by atoms with E-state index in [1.54, 1.807) is 0 Å². The molecule has 0 unspecified atom stereocenters. The molecular weight excluding hydrogens is 180 g/mol. The minimum atomic E-state index is 0.267. The van der Waals surface area contributed by atoms with Crippen molar-refractivity contribution in [3.05, 3.63) is 0 Å². The molecule has 0 bridgehead atoms. The summed E-state index contributed by atoms with van der Waals surface area (Å²) in [6.07, 6.45) is 2.73. The van der Waals surface area contributed by atoms with Gasteiger partial charge in [0, 0.05) is 13.2 Å². The van der Waals surface area contributed by atoms with E-state index in [0.29, 0.717) is 6.61 Å². The van der Waals surface area contributed by atoms with Gasteiger partial charge < -0.3 is 10.2 Å². The largest absolute Gasteiger partial charge is 0.396 e. The first-order valence-corrected chi connectivity index (χ1v) is 5.03. The van der Waals surface area contributed by atoms with E-state index in [4.69, 9.17) is 10.2 Å². The van der Waals surface area contributed by atoms with Gasteiger partial charge in [-0.15, -0.1) is 0 Å². The highest BCUT2D eigenvalue weighted by molar-refractivity contribution is 7.80. The lowest BCUT2D eigenvalue weighted by Gasteiger charge is -1.85. The Hall–Kier alpha value is 0.620. The Bertz CT molecular complexity index is 47.7. The van der Waals surface area contributed by atoms with E-state index >= 15 is 0 Å². The summed E-state index contributed by atoms with van der Waals surface area (Å²) in [6.45, 7) is 0.573. The maximum atomic E-state index is 8.16. The van der Waals surface area contributed by atoms with Crippen LogP contribution in [0.15, 0.2) is 0 Å². The topological polar surface area (TPSA) is 40.5 Å². The second-order valence-corrected chi connectivity index (χ2v) is 2.85. The molecule has 4 heteroatoms. The summed E-state index contributed by atoms with van der Waals surface area (Å²) < 4.78 is 0. The molecule has 0 aliphatic carbocycles. The van der Waals surface area contributed by atoms with Crippen molar-refractivity contribution in [2.75, 3.05) is 24.7 Å². The Morgan fingerprint density at radius 1 is 0.727 bits per heavy atom. The average Bonchev–Trinajstić information content (AvgIpc) is 2.04. The predicted octanol–water partition coefficient (Wildman–Crippen LogP) is 0.987. The van der Waals surface area contributed by atoms with E-state index in [9.17, 15) is 0 Å². The van der Waals surface area contributed by atoms with Crippen molar-refractivity contribution in [3.8, 4) is 0 Å². The van der Waals surface area contributed by atoms with Crippen LogP contribution in [0.25, 0.3) is 0 Å². The van der Waals surface area contributed by atoms with E-state index in [1.807, 2.05) is 0 Å². The molecule has 0 saturated heterocycles. The second-order valence-electron chi connectivity index (χ2n) is 1.96. The molecule has 2 nitrogen and oxygen atoms in total. The Morgan fingerprint density at radius 2 is 1.18 bits per heavy atom. The van der Waals surface area contributed by atoms with E-state index < -0.39 is 0 Å². The molecule has 0 aromatic heterocycles. The zero-order valence-corrected chi connectivity index (χ0v) is 8.53. The third kappa shape index (κ3) is 25.0. The fraction of sp³-hybridized carbons (Fsp3) is 1.00. The Morgan fingerprint density at radius 3 is 1.27 bits per heavy atom. The number of thiol groups is 2. The molecule has 0 radical (unpaired) electrons. The summed E-state index contributed by atoms with van der Waals surface area (Å²) in [5.74, 6) is 1.68. The molecule has 70 valence electrons. The van der Waals surface area contributed by atoms with E-state index in [-0.39, 0.29) is 6.61 Å². The monoisotopic (exact) mass is 198 g/mol. The molecule has 0 heterocycles. The average molecular weight is 198 g/mol. The van der Waals surface area contributed by atoms with Gasteiger partial charge in [-0.05, 0) is 30.8 Å². The number of hydrogen-bond acceptors (Lipinski definition) is 4. The molecule has 0 atom stereocenters. The van der Waals surface area contributed by atoms with Gasteiger partial charge >= 0.3 is 0 Å². The van der Waals surface area contributed by atoms with Gasteiger partial charge in [0.05, 0.1) is 0 Å². The van der Waals surface area contributed by atoms with Crippen LogP contribution in [0.5, 0.6) is 0 Å². The second kappa shape index (κ2) is 16.9. The van der Waals surface area contributed by atoms with Crippen LogP contribution in [-0.2, 0) is 0 Å². The first-order chi connectivity index (χ1) is 5.33. The molecule has 0 amide bonds. The van der Waals surface area contributed by atoms with Gasteiger partial charge in [-0.2, -0.15) is 25.3 Å². The normalized spacial score (nSPS) is 8.73. The van der Waals surface area contributed by atoms with Crippen molar-refractivity contribution >= 4 is 25.3 Å². The first-order valence-electron chi connectivity index (χ1n) is 3.76. The zero-order chi connectivity index (χ0) is 8.95. The molecule has 0 aliphatic heterocycles. The Labute approximate surface area is 79.8 Å². The molecule has 0 aromatic rings. The summed E-state index contributed by atoms with van der Waals surface area (Å²) in [5, 5.41) is 16.2. The van der Waals surface area contributed by atoms with Gasteiger partial charge in [0.1, 0.15) is 0 Å². The highest BCUT2D eigenvalue weighted by Crippen LogP contribution is 1.87. The predicted molar refractivity (Wildman–Crippen MR) is 55.7 cm³/mol. The number of unbranched alkanes of at least 4 members (excludes halogenated alkanes) is 1. The molecule has 11 heavy (non-hydrogen) atoms. The van der Waals surface area contributed by atoms with Crippen LogP contribution in [0, 0.1) is 0 Å². The van der Waals surface area contributed by atoms with Crippen LogP contribution >= 0.6 is 25.3 Å². The lowest BCUT2D eigenvalue weighted by molar-refractivity contribution is 0.287. The van der Waals surface area contributed by atoms with Crippen LogP contribution in [0.1, 0.15) is 19.3 Å². The lowest BCUT2D eigenvalue weighted by atomic mass is 10.4. The summed E-state index contributed by atoms with van der Waals surface area (Å²) in [5.41, 5.74) is 0. The van der Waals surface area contributed by atoms with Crippen molar-refractivity contribution in [1.29, 1.82) is 0 Å². The van der Waals surface area contributed by atoms with Crippen molar-refractivity contribution < 1.29 is 10.2 Å². The molecular formula is C7H18O2S2. The Balaban J connectivity index is 0. The minimum absolute atomic E-state index is 0.267. The summed E-state index contributed by atoms with van der Waals surface area (Å²) in [7, 11) is 0. The fourth-order valence-electron chi connectivity index (χ4n) is 0.294. The van der Waals surface area contributed by atoms with Crippen LogP contribution in [0.4, 0.5) is 0 Å². The minimum Gasteiger partial charge on any atom is -0.396 e. The lowest BCUT2D eigenvalue weighted by Crippen LogP contribution is -1.81. The van der Waals surface area contributed by atoms with Gasteiger partial charge in [0.15, 0.2) is 0 Å². The quantitative estimate of drug-likeness (QED) is 0.393. The summed E-state index contributed by atoms with van der Waals surface area (Å²) in [6, 6.07) is 0. The summed E-state index contributed by atoms with van der Waals surface area (Å²) >= 11 is 7.78. The van der Waals surface area contributed by atoms with Gasteiger partial charge in [0.25, 0.3) is 0 Å². The van der Waals surface area contributed by atoms with Crippen LogP contribution in [0.3, 0.4) is 0 Å². The summed E-state index contributed by atoms with van der Waals surface area (Å²) in [4.78, 5) is 0. The number of rotatable bonds is 5.